The Balaban J connectivity index is 0.00000225. The summed E-state index contributed by atoms with van der Waals surface area (Å²) in [6.45, 7) is 0. The van der Waals surface area contributed by atoms with Crippen molar-refractivity contribution in [1.82, 2.24) is 0 Å². The summed E-state index contributed by atoms with van der Waals surface area (Å²) in [5.41, 5.74) is 2.81. The summed E-state index contributed by atoms with van der Waals surface area (Å²) in [4.78, 5) is 0. The molecule has 0 spiro atoms. The van der Waals surface area contributed by atoms with Crippen molar-refractivity contribution < 1.29 is 0 Å². The van der Waals surface area contributed by atoms with Gasteiger partial charge in [0.2, 0.25) is 0 Å². The number of hydrogen-bond acceptors (Lipinski definition) is 0. The van der Waals surface area contributed by atoms with Crippen molar-refractivity contribution in [2.24, 2.45) is 0 Å². The van der Waals surface area contributed by atoms with Crippen LogP contribution in [0.4, 0.5) is 0 Å². The van der Waals surface area contributed by atoms with E-state index in [-0.39, 0.29) is 17.0 Å². The molecule has 0 N–H and O–H groups in total. The molecule has 0 bridgehead atoms. The van der Waals surface area contributed by atoms with Crippen LogP contribution in [0.15, 0.2) is 115 Å². The Labute approximate surface area is 179 Å². The van der Waals surface area contributed by atoms with Crippen LogP contribution in [0.3, 0.4) is 0 Å². The molecule has 0 aliphatic carbocycles. The number of hydrogen-bond donors (Lipinski definition) is 0. The van der Waals surface area contributed by atoms with Crippen molar-refractivity contribution in [2.75, 3.05) is 0 Å². The molecule has 0 saturated heterocycles. The molecule has 28 heavy (non-hydrogen) atoms. The lowest BCUT2D eigenvalue weighted by Gasteiger charge is -2.20. The Bertz CT molecular complexity index is 929. The van der Waals surface area contributed by atoms with Gasteiger partial charge in [0.25, 0.3) is 0 Å². The third kappa shape index (κ3) is 5.19. The molecular weight excluding hydrogens is 423 g/mol. The number of benzene rings is 4. The zero-order valence-electron chi connectivity index (χ0n) is 15.7. The second-order valence-electron chi connectivity index (χ2n) is 6.66. The fraction of sp³-hybridized carbons (Fsp3) is 0.0769. The van der Waals surface area contributed by atoms with Crippen molar-refractivity contribution in [2.45, 2.75) is 12.8 Å². The normalized spacial score (nSPS) is 10.5. The minimum absolute atomic E-state index is 0. The van der Waals surface area contributed by atoms with Crippen LogP contribution in [0.5, 0.6) is 0 Å². The van der Waals surface area contributed by atoms with E-state index in [1.165, 1.54) is 27.0 Å². The van der Waals surface area contributed by atoms with E-state index in [1.54, 1.807) is 0 Å². The van der Waals surface area contributed by atoms with Gasteiger partial charge in [-0.05, 0) is 47.8 Å². The summed E-state index contributed by atoms with van der Waals surface area (Å²) in [5, 5.41) is 4.23. The first-order valence-corrected chi connectivity index (χ1v) is 10.8. The van der Waals surface area contributed by atoms with E-state index in [0.29, 0.717) is 0 Å². The van der Waals surface area contributed by atoms with Gasteiger partial charge in [0.15, 0.2) is 0 Å². The third-order valence-corrected chi connectivity index (χ3v) is 7.17. The molecule has 0 saturated carbocycles. The fourth-order valence-electron chi connectivity index (χ4n) is 3.39. The van der Waals surface area contributed by atoms with Crippen LogP contribution in [0.25, 0.3) is 0 Å². The van der Waals surface area contributed by atoms with E-state index in [4.69, 9.17) is 0 Å². The molecule has 4 rings (SSSR count). The lowest BCUT2D eigenvalue weighted by molar-refractivity contribution is 0.962. The number of halogens is 1. The van der Waals surface area contributed by atoms with E-state index in [9.17, 15) is 0 Å². The summed E-state index contributed by atoms with van der Waals surface area (Å²) in [6.07, 6.45) is 2.16. The van der Waals surface area contributed by atoms with Crippen LogP contribution < -0.4 is 15.9 Å². The molecule has 140 valence electrons. The lowest BCUT2D eigenvalue weighted by atomic mass is 10.0. The predicted octanol–water partition coefficient (Wildman–Crippen LogP) is 5.81. The average molecular weight is 447 g/mol. The lowest BCUT2D eigenvalue weighted by Crippen LogP contribution is -2.20. The maximum absolute atomic E-state index is 2.41. The minimum atomic E-state index is -0.527. The maximum atomic E-state index is 2.41. The van der Waals surface area contributed by atoms with Crippen LogP contribution in [-0.2, 0) is 12.8 Å². The molecule has 0 nitrogen and oxygen atoms in total. The van der Waals surface area contributed by atoms with E-state index in [0.717, 1.165) is 12.8 Å². The van der Waals surface area contributed by atoms with Crippen LogP contribution in [0.2, 0.25) is 0 Å². The fourth-order valence-corrected chi connectivity index (χ4v) is 5.75. The smallest absolute Gasteiger partial charge is 0.0134 e. The minimum Gasteiger partial charge on any atom is -0.114 e. The largest absolute Gasteiger partial charge is 0.114 e. The Morgan fingerprint density at radius 1 is 0.429 bits per heavy atom. The molecule has 0 amide bonds. The summed E-state index contributed by atoms with van der Waals surface area (Å²) in [5.74, 6) is 0. The van der Waals surface area contributed by atoms with Crippen molar-refractivity contribution in [3.05, 3.63) is 126 Å². The van der Waals surface area contributed by atoms with Gasteiger partial charge in [-0.1, -0.05) is 115 Å². The molecule has 4 aromatic carbocycles. The van der Waals surface area contributed by atoms with Gasteiger partial charge < -0.3 is 0 Å². The molecule has 0 radical (unpaired) electrons. The predicted molar refractivity (Wildman–Crippen MR) is 129 cm³/mol. The third-order valence-electron chi connectivity index (χ3n) is 4.74. The Kier molecular flexibility index (Phi) is 7.60. The zero-order chi connectivity index (χ0) is 18.3. The quantitative estimate of drug-likeness (QED) is 0.328. The van der Waals surface area contributed by atoms with E-state index in [1.807, 2.05) is 0 Å². The van der Waals surface area contributed by atoms with Crippen molar-refractivity contribution in [3.63, 3.8) is 0 Å². The molecule has 0 aliphatic rings. The molecule has 0 atom stereocenters. The van der Waals surface area contributed by atoms with Gasteiger partial charge in [-0.25, -0.2) is 0 Å². The highest BCUT2D eigenvalue weighted by Gasteiger charge is 2.16. The van der Waals surface area contributed by atoms with E-state index < -0.39 is 7.92 Å². The molecular formula is C26H24BrP. The van der Waals surface area contributed by atoms with Crippen molar-refractivity contribution in [1.29, 1.82) is 0 Å². The van der Waals surface area contributed by atoms with Crippen molar-refractivity contribution >= 4 is 40.8 Å². The molecule has 0 fully saturated rings. The summed E-state index contributed by atoms with van der Waals surface area (Å²) >= 11 is 0. The first-order valence-electron chi connectivity index (χ1n) is 9.43. The Hall–Kier alpha value is -2.21. The molecule has 0 heterocycles. The van der Waals surface area contributed by atoms with Gasteiger partial charge in [-0.15, -0.1) is 17.0 Å². The molecule has 0 aliphatic heterocycles. The second kappa shape index (κ2) is 10.4. The standard InChI is InChI=1S/C26H23P.BrH/c1-4-11-22(12-5-1)19-20-23-13-10-18-26(21-23)27(24-14-6-2-7-15-24)25-16-8-3-9-17-25;/h1-18,21H,19-20H2;1H. The highest BCUT2D eigenvalue weighted by molar-refractivity contribution is 8.93. The van der Waals surface area contributed by atoms with E-state index >= 15 is 0 Å². The summed E-state index contributed by atoms with van der Waals surface area (Å²) in [6, 6.07) is 41.7. The zero-order valence-corrected chi connectivity index (χ0v) is 18.3. The van der Waals surface area contributed by atoms with Gasteiger partial charge in [-0.3, -0.25) is 0 Å². The van der Waals surface area contributed by atoms with Gasteiger partial charge in [0.1, 0.15) is 0 Å². The van der Waals surface area contributed by atoms with Crippen LogP contribution in [-0.4, -0.2) is 0 Å². The van der Waals surface area contributed by atoms with Gasteiger partial charge in [-0.2, -0.15) is 0 Å². The Morgan fingerprint density at radius 3 is 1.43 bits per heavy atom. The number of aryl methyl sites for hydroxylation is 2. The highest BCUT2D eigenvalue weighted by Crippen LogP contribution is 2.32. The summed E-state index contributed by atoms with van der Waals surface area (Å²) < 4.78 is 0. The molecule has 0 aromatic heterocycles. The average Bonchev–Trinajstić information content (AvgIpc) is 2.75. The van der Waals surface area contributed by atoms with Gasteiger partial charge in [0, 0.05) is 0 Å². The van der Waals surface area contributed by atoms with Gasteiger partial charge >= 0.3 is 0 Å². The van der Waals surface area contributed by atoms with Gasteiger partial charge in [0.05, 0.1) is 0 Å². The van der Waals surface area contributed by atoms with Crippen LogP contribution >= 0.6 is 24.9 Å². The van der Waals surface area contributed by atoms with Crippen LogP contribution in [0, 0.1) is 0 Å². The highest BCUT2D eigenvalue weighted by atomic mass is 79.9. The molecule has 2 heteroatoms. The monoisotopic (exact) mass is 446 g/mol. The van der Waals surface area contributed by atoms with Crippen LogP contribution in [0.1, 0.15) is 11.1 Å². The first kappa shape index (κ1) is 20.5. The molecule has 0 unspecified atom stereocenters. The SMILES string of the molecule is Br.c1ccc(CCc2cccc(P(c3ccccc3)c3ccccc3)c2)cc1. The number of rotatable bonds is 6. The second-order valence-corrected chi connectivity index (χ2v) is 8.88. The van der Waals surface area contributed by atoms with E-state index in [2.05, 4.69) is 115 Å². The topological polar surface area (TPSA) is 0 Å². The van der Waals surface area contributed by atoms with Crippen molar-refractivity contribution in [3.8, 4) is 0 Å². The summed E-state index contributed by atoms with van der Waals surface area (Å²) in [7, 11) is -0.527. The molecule has 4 aromatic rings. The Morgan fingerprint density at radius 2 is 0.857 bits per heavy atom. The maximum Gasteiger partial charge on any atom is -0.0134 e. The first-order chi connectivity index (χ1) is 13.4.